The summed E-state index contributed by atoms with van der Waals surface area (Å²) in [6.45, 7) is 6.58. The molecule has 1 saturated heterocycles. The van der Waals surface area contributed by atoms with E-state index in [1.54, 1.807) is 0 Å². The van der Waals surface area contributed by atoms with E-state index in [0.29, 0.717) is 25.6 Å². The highest BCUT2D eigenvalue weighted by Crippen LogP contribution is 2.24. The summed E-state index contributed by atoms with van der Waals surface area (Å²) in [4.78, 5) is 15.7. The third kappa shape index (κ3) is 3.30. The van der Waals surface area contributed by atoms with Crippen LogP contribution in [0.1, 0.15) is 42.7 Å². The zero-order valence-corrected chi connectivity index (χ0v) is 11.3. The average molecular weight is 268 g/mol. The van der Waals surface area contributed by atoms with Gasteiger partial charge >= 0.3 is 0 Å². The van der Waals surface area contributed by atoms with Crippen LogP contribution in [0, 0.1) is 0 Å². The fourth-order valence-corrected chi connectivity index (χ4v) is 2.05. The van der Waals surface area contributed by atoms with Crippen LogP contribution in [0.25, 0.3) is 0 Å². The van der Waals surface area contributed by atoms with Crippen LogP contribution in [0.2, 0.25) is 0 Å². The lowest BCUT2D eigenvalue weighted by molar-refractivity contribution is 0.0942. The van der Waals surface area contributed by atoms with Gasteiger partial charge in [-0.2, -0.15) is 4.98 Å². The van der Waals surface area contributed by atoms with Crippen molar-refractivity contribution in [3.63, 3.8) is 0 Å². The molecule has 0 spiro atoms. The lowest BCUT2D eigenvalue weighted by Crippen LogP contribution is -2.35. The number of rotatable bonds is 6. The predicted octanol–water partition coefficient (Wildman–Crippen LogP) is 0.301. The smallest absolute Gasteiger partial charge is 0.292 e. The van der Waals surface area contributed by atoms with E-state index in [1.165, 1.54) is 0 Å². The lowest BCUT2D eigenvalue weighted by atomic mass is 10.0. The quantitative estimate of drug-likeness (QED) is 0.771. The molecule has 0 aromatic carbocycles. The Hall–Kier alpha value is -1.47. The second kappa shape index (κ2) is 6.63. The van der Waals surface area contributed by atoms with Gasteiger partial charge < -0.3 is 19.9 Å². The topological polar surface area (TPSA) is 89.3 Å². The first-order chi connectivity index (χ1) is 9.26. The van der Waals surface area contributed by atoms with Gasteiger partial charge in [0.15, 0.2) is 0 Å². The molecule has 1 aliphatic rings. The number of carbonyl (C=O) groups excluding carboxylic acids is 1. The predicted molar refractivity (Wildman–Crippen MR) is 67.9 cm³/mol. The highest BCUT2D eigenvalue weighted by atomic mass is 16.5. The van der Waals surface area contributed by atoms with Crippen LogP contribution in [0.4, 0.5) is 0 Å². The maximum atomic E-state index is 11.6. The van der Waals surface area contributed by atoms with Crippen molar-refractivity contribution in [1.29, 1.82) is 0 Å². The number of aromatic nitrogens is 2. The molecule has 1 aromatic heterocycles. The molecule has 0 aliphatic carbocycles. The van der Waals surface area contributed by atoms with Gasteiger partial charge in [0, 0.05) is 12.6 Å². The summed E-state index contributed by atoms with van der Waals surface area (Å²) in [7, 11) is 0. The zero-order valence-electron chi connectivity index (χ0n) is 11.3. The number of carbonyl (C=O) groups is 1. The Morgan fingerprint density at radius 3 is 3.00 bits per heavy atom. The number of nitrogens with zero attached hydrogens (tertiary/aromatic N) is 2. The molecule has 1 fully saturated rings. The number of nitrogens with one attached hydrogen (secondary N) is 2. The van der Waals surface area contributed by atoms with Crippen LogP contribution < -0.4 is 10.6 Å². The standard InChI is InChI=1S/C12H20N4O3/c1-3-5-14-9-7-18-6-8(9)12-15-10(16-19-12)11(17)13-4-2/h8-9,14H,3-7H2,1-2H3,(H,13,17). The van der Waals surface area contributed by atoms with Crippen molar-refractivity contribution >= 4 is 5.91 Å². The minimum atomic E-state index is -0.311. The Balaban J connectivity index is 2.02. The number of ether oxygens (including phenoxy) is 1. The van der Waals surface area contributed by atoms with Crippen molar-refractivity contribution in [2.75, 3.05) is 26.3 Å². The zero-order chi connectivity index (χ0) is 13.7. The van der Waals surface area contributed by atoms with E-state index in [-0.39, 0.29) is 23.7 Å². The summed E-state index contributed by atoms with van der Waals surface area (Å²) in [6, 6.07) is 0.169. The van der Waals surface area contributed by atoms with Gasteiger partial charge in [0.2, 0.25) is 5.89 Å². The Kier molecular flexibility index (Phi) is 4.86. The Labute approximate surface area is 112 Å². The van der Waals surface area contributed by atoms with Crippen molar-refractivity contribution in [3.8, 4) is 0 Å². The largest absolute Gasteiger partial charge is 0.379 e. The molecule has 1 aromatic rings. The summed E-state index contributed by atoms with van der Waals surface area (Å²) in [5, 5.41) is 9.74. The Morgan fingerprint density at radius 2 is 2.26 bits per heavy atom. The first-order valence-electron chi connectivity index (χ1n) is 6.69. The second-order valence-electron chi connectivity index (χ2n) is 4.52. The van der Waals surface area contributed by atoms with Gasteiger partial charge in [-0.1, -0.05) is 12.1 Å². The van der Waals surface area contributed by atoms with Crippen LogP contribution in [0.3, 0.4) is 0 Å². The molecule has 19 heavy (non-hydrogen) atoms. The average Bonchev–Trinajstić information content (AvgIpc) is 3.05. The molecule has 2 atom stereocenters. The van der Waals surface area contributed by atoms with Gasteiger partial charge in [0.25, 0.3) is 11.7 Å². The molecule has 7 nitrogen and oxygen atoms in total. The number of hydrogen-bond acceptors (Lipinski definition) is 6. The molecule has 1 amide bonds. The van der Waals surface area contributed by atoms with E-state index in [1.807, 2.05) is 6.92 Å². The minimum Gasteiger partial charge on any atom is -0.379 e. The molecule has 0 saturated carbocycles. The van der Waals surface area contributed by atoms with Crippen LogP contribution in [0.15, 0.2) is 4.52 Å². The SMILES string of the molecule is CCCNC1COCC1c1nc(C(=O)NCC)no1. The van der Waals surface area contributed by atoms with E-state index < -0.39 is 0 Å². The van der Waals surface area contributed by atoms with E-state index in [2.05, 4.69) is 27.7 Å². The summed E-state index contributed by atoms with van der Waals surface area (Å²) in [6.07, 6.45) is 1.05. The van der Waals surface area contributed by atoms with Gasteiger partial charge in [0.1, 0.15) is 0 Å². The fraction of sp³-hybridized carbons (Fsp3) is 0.750. The van der Waals surface area contributed by atoms with Crippen molar-refractivity contribution < 1.29 is 14.1 Å². The Bertz CT molecular complexity index is 421. The molecule has 1 aliphatic heterocycles. The molecule has 2 heterocycles. The minimum absolute atomic E-state index is 0.0160. The van der Waals surface area contributed by atoms with E-state index in [9.17, 15) is 4.79 Å². The Morgan fingerprint density at radius 1 is 1.42 bits per heavy atom. The van der Waals surface area contributed by atoms with Gasteiger partial charge in [0.05, 0.1) is 19.1 Å². The van der Waals surface area contributed by atoms with Gasteiger partial charge in [-0.3, -0.25) is 4.79 Å². The summed E-state index contributed by atoms with van der Waals surface area (Å²) in [5.41, 5.74) is 0. The number of amides is 1. The second-order valence-corrected chi connectivity index (χ2v) is 4.52. The summed E-state index contributed by atoms with van der Waals surface area (Å²) >= 11 is 0. The third-order valence-electron chi connectivity index (χ3n) is 3.04. The van der Waals surface area contributed by atoms with Crippen molar-refractivity contribution in [2.24, 2.45) is 0 Å². The molecule has 2 N–H and O–H groups in total. The third-order valence-corrected chi connectivity index (χ3v) is 3.04. The first kappa shape index (κ1) is 14.0. The maximum absolute atomic E-state index is 11.6. The van der Waals surface area contributed by atoms with Crippen LogP contribution in [-0.2, 0) is 4.74 Å². The molecular weight excluding hydrogens is 248 g/mol. The van der Waals surface area contributed by atoms with Gasteiger partial charge in [-0.15, -0.1) is 0 Å². The maximum Gasteiger partial charge on any atom is 0.292 e. The van der Waals surface area contributed by atoms with Gasteiger partial charge in [-0.25, -0.2) is 0 Å². The highest BCUT2D eigenvalue weighted by molar-refractivity contribution is 5.90. The molecule has 7 heteroatoms. The fourth-order valence-electron chi connectivity index (χ4n) is 2.05. The van der Waals surface area contributed by atoms with E-state index in [0.717, 1.165) is 13.0 Å². The normalized spacial score (nSPS) is 22.6. The van der Waals surface area contributed by atoms with Gasteiger partial charge in [-0.05, 0) is 19.9 Å². The molecular formula is C12H20N4O3. The lowest BCUT2D eigenvalue weighted by Gasteiger charge is -2.14. The van der Waals surface area contributed by atoms with Crippen molar-refractivity contribution in [2.45, 2.75) is 32.2 Å². The molecule has 0 radical (unpaired) electrons. The molecule has 2 unspecified atom stereocenters. The highest BCUT2D eigenvalue weighted by Gasteiger charge is 2.34. The summed E-state index contributed by atoms with van der Waals surface area (Å²) < 4.78 is 10.6. The number of hydrogen-bond donors (Lipinski definition) is 2. The summed E-state index contributed by atoms with van der Waals surface area (Å²) in [5.74, 6) is 0.252. The monoisotopic (exact) mass is 268 g/mol. The van der Waals surface area contributed by atoms with E-state index in [4.69, 9.17) is 9.26 Å². The van der Waals surface area contributed by atoms with E-state index >= 15 is 0 Å². The molecule has 106 valence electrons. The molecule has 0 bridgehead atoms. The van der Waals surface area contributed by atoms with Crippen LogP contribution >= 0.6 is 0 Å². The first-order valence-corrected chi connectivity index (χ1v) is 6.69. The van der Waals surface area contributed by atoms with Crippen molar-refractivity contribution in [1.82, 2.24) is 20.8 Å². The van der Waals surface area contributed by atoms with Crippen molar-refractivity contribution in [3.05, 3.63) is 11.7 Å². The van der Waals surface area contributed by atoms with Crippen LogP contribution in [0.5, 0.6) is 0 Å². The van der Waals surface area contributed by atoms with Crippen LogP contribution in [-0.4, -0.2) is 48.4 Å². The molecule has 2 rings (SSSR count).